The van der Waals surface area contributed by atoms with Crippen LogP contribution in [0.2, 0.25) is 0 Å². The van der Waals surface area contributed by atoms with Crippen LogP contribution in [0.15, 0.2) is 29.8 Å². The SMILES string of the molecule is CC1=CC(=O)c2[nH]c3cc([N+](=O)[O-])ccc3c2C1=O. The summed E-state index contributed by atoms with van der Waals surface area (Å²) in [5, 5.41) is 11.2. The number of aromatic amines is 1. The zero-order valence-electron chi connectivity index (χ0n) is 9.89. The van der Waals surface area contributed by atoms with Crippen LogP contribution in [0.4, 0.5) is 5.69 Å². The maximum atomic E-state index is 12.1. The summed E-state index contributed by atoms with van der Waals surface area (Å²) in [5.74, 6) is -0.513. The Morgan fingerprint density at radius 2 is 2.00 bits per heavy atom. The van der Waals surface area contributed by atoms with Crippen molar-refractivity contribution < 1.29 is 14.5 Å². The Morgan fingerprint density at radius 3 is 2.68 bits per heavy atom. The molecule has 3 rings (SSSR count). The van der Waals surface area contributed by atoms with Crippen LogP contribution in [0, 0.1) is 10.1 Å². The Hall–Kier alpha value is -2.76. The highest BCUT2D eigenvalue weighted by Crippen LogP contribution is 2.30. The van der Waals surface area contributed by atoms with Crippen molar-refractivity contribution in [3.8, 4) is 0 Å². The van der Waals surface area contributed by atoms with Crippen molar-refractivity contribution in [3.05, 3.63) is 51.2 Å². The molecule has 94 valence electrons. The first-order valence-corrected chi connectivity index (χ1v) is 5.56. The Labute approximate surface area is 106 Å². The zero-order valence-corrected chi connectivity index (χ0v) is 9.89. The van der Waals surface area contributed by atoms with Gasteiger partial charge in [0.15, 0.2) is 5.78 Å². The van der Waals surface area contributed by atoms with Crippen LogP contribution in [-0.2, 0) is 0 Å². The molecule has 0 bridgehead atoms. The lowest BCUT2D eigenvalue weighted by Gasteiger charge is -2.07. The molecule has 1 heterocycles. The number of allylic oxidation sites excluding steroid dienone is 2. The van der Waals surface area contributed by atoms with Crippen molar-refractivity contribution in [2.45, 2.75) is 6.92 Å². The van der Waals surface area contributed by atoms with Crippen LogP contribution >= 0.6 is 0 Å². The van der Waals surface area contributed by atoms with Crippen molar-refractivity contribution in [1.82, 2.24) is 4.98 Å². The number of nitro groups is 1. The van der Waals surface area contributed by atoms with Gasteiger partial charge in [0.1, 0.15) is 0 Å². The molecule has 1 aliphatic rings. The van der Waals surface area contributed by atoms with E-state index in [-0.39, 0.29) is 22.9 Å². The van der Waals surface area contributed by atoms with E-state index in [1.807, 2.05) is 0 Å². The van der Waals surface area contributed by atoms with Crippen molar-refractivity contribution in [2.75, 3.05) is 0 Å². The molecular formula is C13H8N2O4. The van der Waals surface area contributed by atoms with Gasteiger partial charge in [0, 0.05) is 23.1 Å². The smallest absolute Gasteiger partial charge is 0.271 e. The summed E-state index contributed by atoms with van der Waals surface area (Å²) in [6, 6.07) is 4.14. The van der Waals surface area contributed by atoms with Crippen LogP contribution in [-0.4, -0.2) is 21.5 Å². The average Bonchev–Trinajstić information content (AvgIpc) is 2.75. The molecule has 0 atom stereocenters. The number of H-pyrrole nitrogens is 1. The number of fused-ring (bicyclic) bond motifs is 3. The summed E-state index contributed by atoms with van der Waals surface area (Å²) < 4.78 is 0. The molecule has 0 amide bonds. The topological polar surface area (TPSA) is 93.1 Å². The predicted octanol–water partition coefficient (Wildman–Crippen LogP) is 2.40. The number of ketones is 2. The van der Waals surface area contributed by atoms with E-state index in [2.05, 4.69) is 4.98 Å². The van der Waals surface area contributed by atoms with E-state index in [0.717, 1.165) is 0 Å². The molecule has 0 saturated carbocycles. The summed E-state index contributed by atoms with van der Waals surface area (Å²) in [7, 11) is 0. The number of nitrogens with one attached hydrogen (secondary N) is 1. The van der Waals surface area contributed by atoms with Crippen LogP contribution in [0.5, 0.6) is 0 Å². The van der Waals surface area contributed by atoms with Gasteiger partial charge in [-0.15, -0.1) is 0 Å². The van der Waals surface area contributed by atoms with Gasteiger partial charge in [-0.1, -0.05) is 0 Å². The first-order chi connectivity index (χ1) is 8.99. The number of hydrogen-bond donors (Lipinski definition) is 1. The van der Waals surface area contributed by atoms with Gasteiger partial charge in [0.2, 0.25) is 5.78 Å². The molecule has 19 heavy (non-hydrogen) atoms. The van der Waals surface area contributed by atoms with E-state index in [4.69, 9.17) is 0 Å². The van der Waals surface area contributed by atoms with E-state index in [1.54, 1.807) is 6.92 Å². The van der Waals surface area contributed by atoms with Crippen molar-refractivity contribution in [3.63, 3.8) is 0 Å². The van der Waals surface area contributed by atoms with Crippen LogP contribution < -0.4 is 0 Å². The average molecular weight is 256 g/mol. The highest BCUT2D eigenvalue weighted by atomic mass is 16.6. The highest BCUT2D eigenvalue weighted by molar-refractivity contribution is 6.28. The second-order valence-corrected chi connectivity index (χ2v) is 4.38. The minimum Gasteiger partial charge on any atom is -0.351 e. The number of carbonyl (C=O) groups is 2. The number of rotatable bonds is 1. The van der Waals surface area contributed by atoms with Crippen molar-refractivity contribution in [2.24, 2.45) is 0 Å². The largest absolute Gasteiger partial charge is 0.351 e. The maximum Gasteiger partial charge on any atom is 0.271 e. The third-order valence-electron chi connectivity index (χ3n) is 3.17. The van der Waals surface area contributed by atoms with Gasteiger partial charge in [0.05, 0.1) is 21.7 Å². The fourth-order valence-electron chi connectivity index (χ4n) is 2.25. The Balaban J connectivity index is 2.33. The van der Waals surface area contributed by atoms with Gasteiger partial charge in [-0.2, -0.15) is 0 Å². The standard InChI is InChI=1S/C13H8N2O4/c1-6-4-10(16)12-11(13(6)17)8-3-2-7(15(18)19)5-9(8)14-12/h2-5,14H,1H3. The summed E-state index contributed by atoms with van der Waals surface area (Å²) >= 11 is 0. The van der Waals surface area contributed by atoms with Gasteiger partial charge < -0.3 is 4.98 Å². The Bertz CT molecular complexity index is 798. The fraction of sp³-hybridized carbons (Fsp3) is 0.0769. The molecule has 0 spiro atoms. The molecule has 6 heteroatoms. The van der Waals surface area contributed by atoms with Crippen molar-refractivity contribution >= 4 is 28.2 Å². The normalized spacial score (nSPS) is 14.5. The van der Waals surface area contributed by atoms with Gasteiger partial charge in [0.25, 0.3) is 5.69 Å². The molecule has 1 aromatic carbocycles. The second kappa shape index (κ2) is 3.61. The molecule has 0 fully saturated rings. The zero-order chi connectivity index (χ0) is 13.7. The molecule has 2 aromatic rings. The van der Waals surface area contributed by atoms with Gasteiger partial charge in [-0.25, -0.2) is 0 Å². The van der Waals surface area contributed by atoms with Crippen LogP contribution in [0.3, 0.4) is 0 Å². The Morgan fingerprint density at radius 1 is 1.26 bits per heavy atom. The summed E-state index contributed by atoms with van der Waals surface area (Å²) in [4.78, 5) is 36.9. The molecular weight excluding hydrogens is 248 g/mol. The molecule has 1 aromatic heterocycles. The maximum absolute atomic E-state index is 12.1. The summed E-state index contributed by atoms with van der Waals surface area (Å²) in [6.07, 6.45) is 1.27. The van der Waals surface area contributed by atoms with Crippen LogP contribution in [0.25, 0.3) is 10.9 Å². The number of carbonyl (C=O) groups excluding carboxylic acids is 2. The highest BCUT2D eigenvalue weighted by Gasteiger charge is 2.28. The van der Waals surface area contributed by atoms with E-state index < -0.39 is 4.92 Å². The number of nitrogens with zero attached hydrogens (tertiary/aromatic N) is 1. The number of benzene rings is 1. The first-order valence-electron chi connectivity index (χ1n) is 5.56. The van der Waals surface area contributed by atoms with Gasteiger partial charge in [-0.05, 0) is 19.1 Å². The molecule has 0 unspecified atom stereocenters. The third kappa shape index (κ3) is 1.50. The Kier molecular flexibility index (Phi) is 2.16. The number of aromatic nitrogens is 1. The van der Waals surface area contributed by atoms with E-state index in [9.17, 15) is 19.7 Å². The van der Waals surface area contributed by atoms with E-state index in [0.29, 0.717) is 22.0 Å². The molecule has 6 nitrogen and oxygen atoms in total. The number of hydrogen-bond acceptors (Lipinski definition) is 4. The second-order valence-electron chi connectivity index (χ2n) is 4.38. The number of nitro benzene ring substituents is 1. The third-order valence-corrected chi connectivity index (χ3v) is 3.17. The van der Waals surface area contributed by atoms with Crippen molar-refractivity contribution in [1.29, 1.82) is 0 Å². The number of non-ortho nitro benzene ring substituents is 1. The van der Waals surface area contributed by atoms with E-state index in [1.165, 1.54) is 24.3 Å². The van der Waals surface area contributed by atoms with Gasteiger partial charge >= 0.3 is 0 Å². The molecule has 1 aliphatic carbocycles. The lowest BCUT2D eigenvalue weighted by molar-refractivity contribution is -0.384. The lowest BCUT2D eigenvalue weighted by atomic mass is 9.93. The lowest BCUT2D eigenvalue weighted by Crippen LogP contribution is -2.14. The quantitative estimate of drug-likeness (QED) is 0.626. The summed E-state index contributed by atoms with van der Waals surface area (Å²) in [6.45, 7) is 1.58. The molecule has 1 N–H and O–H groups in total. The summed E-state index contributed by atoms with van der Waals surface area (Å²) in [5.41, 5.74) is 1.21. The minimum atomic E-state index is -0.521. The number of Topliss-reactive ketones (excluding diaryl/α,β-unsaturated/α-hetero) is 1. The molecule has 0 radical (unpaired) electrons. The monoisotopic (exact) mass is 256 g/mol. The van der Waals surface area contributed by atoms with Gasteiger partial charge in [-0.3, -0.25) is 19.7 Å². The molecule has 0 saturated heterocycles. The first kappa shape index (κ1) is 11.3. The van der Waals surface area contributed by atoms with Crippen LogP contribution in [0.1, 0.15) is 27.8 Å². The minimum absolute atomic E-state index is 0.0873. The molecule has 0 aliphatic heterocycles. The fourth-order valence-corrected chi connectivity index (χ4v) is 2.25. The van der Waals surface area contributed by atoms with E-state index >= 15 is 0 Å². The predicted molar refractivity (Wildman–Crippen MR) is 67.4 cm³/mol.